The quantitative estimate of drug-likeness (QED) is 0.559. The van der Waals surface area contributed by atoms with Crippen molar-refractivity contribution in [3.8, 4) is 0 Å². The molecule has 0 aromatic heterocycles. The Kier molecular flexibility index (Phi) is 3.04. The molecule has 1 heterocycles. The van der Waals surface area contributed by atoms with Crippen LogP contribution in [0.15, 0.2) is 0 Å². The van der Waals surface area contributed by atoms with Crippen molar-refractivity contribution >= 4 is 11.9 Å². The fourth-order valence-corrected chi connectivity index (χ4v) is 1.37. The number of carbonyl (C=O) groups excluding carboxylic acids is 1. The standard InChI is InChI=1S/C7H12N2O5/c1-8-5(10)7(6(11)12)3-4-14-9(7)13-2/h3-4H2,1-2H3,(H,8,10)(H,11,12)/t7-/m1/s1. The van der Waals surface area contributed by atoms with Crippen molar-refractivity contribution in [3.63, 3.8) is 0 Å². The second-order valence-electron chi connectivity index (χ2n) is 2.77. The van der Waals surface area contributed by atoms with Gasteiger partial charge in [0, 0.05) is 13.5 Å². The maximum atomic E-state index is 11.5. The molecule has 80 valence electrons. The number of nitrogens with zero attached hydrogens (tertiary/aromatic N) is 1. The second-order valence-corrected chi connectivity index (χ2v) is 2.77. The summed E-state index contributed by atoms with van der Waals surface area (Å²) in [6, 6.07) is 0. The van der Waals surface area contributed by atoms with E-state index in [0.717, 1.165) is 0 Å². The van der Waals surface area contributed by atoms with Crippen molar-refractivity contribution in [2.75, 3.05) is 20.8 Å². The first kappa shape index (κ1) is 10.9. The highest BCUT2D eigenvalue weighted by Crippen LogP contribution is 2.27. The summed E-state index contributed by atoms with van der Waals surface area (Å²) < 4.78 is 0. The highest BCUT2D eigenvalue weighted by atomic mass is 17.0. The van der Waals surface area contributed by atoms with E-state index in [1.54, 1.807) is 0 Å². The molecule has 0 spiro atoms. The molecule has 1 atom stereocenters. The second kappa shape index (κ2) is 3.91. The SMILES string of the molecule is CNC(=O)[C@@]1(C(=O)O)CCON1OC. The van der Waals surface area contributed by atoms with Crippen molar-refractivity contribution in [2.24, 2.45) is 0 Å². The summed E-state index contributed by atoms with van der Waals surface area (Å²) in [7, 11) is 2.60. The Morgan fingerprint density at radius 3 is 2.71 bits per heavy atom. The highest BCUT2D eigenvalue weighted by Gasteiger charge is 2.56. The maximum absolute atomic E-state index is 11.5. The summed E-state index contributed by atoms with van der Waals surface area (Å²) in [6.45, 7) is 0.132. The van der Waals surface area contributed by atoms with E-state index in [0.29, 0.717) is 5.23 Å². The smallest absolute Gasteiger partial charge is 0.339 e. The Hall–Kier alpha value is -1.18. The Balaban J connectivity index is 3.03. The van der Waals surface area contributed by atoms with Crippen molar-refractivity contribution in [1.29, 1.82) is 0 Å². The van der Waals surface area contributed by atoms with E-state index in [-0.39, 0.29) is 13.0 Å². The van der Waals surface area contributed by atoms with Crippen LogP contribution >= 0.6 is 0 Å². The van der Waals surface area contributed by atoms with Crippen LogP contribution in [-0.4, -0.2) is 48.5 Å². The van der Waals surface area contributed by atoms with Crippen molar-refractivity contribution in [3.05, 3.63) is 0 Å². The number of carboxylic acids is 1. The minimum absolute atomic E-state index is 0.0514. The van der Waals surface area contributed by atoms with Crippen LogP contribution < -0.4 is 5.32 Å². The van der Waals surface area contributed by atoms with Gasteiger partial charge in [0.05, 0.1) is 13.7 Å². The normalized spacial score (nSPS) is 27.6. The van der Waals surface area contributed by atoms with Crippen LogP contribution in [0.2, 0.25) is 0 Å². The first-order chi connectivity index (χ1) is 6.59. The van der Waals surface area contributed by atoms with Gasteiger partial charge >= 0.3 is 5.97 Å². The van der Waals surface area contributed by atoms with E-state index >= 15 is 0 Å². The van der Waals surface area contributed by atoms with Gasteiger partial charge in [0.15, 0.2) is 0 Å². The molecule has 1 fully saturated rings. The molecule has 1 saturated heterocycles. The predicted octanol–water partition coefficient (Wildman–Crippen LogP) is -1.25. The minimum Gasteiger partial charge on any atom is -0.479 e. The van der Waals surface area contributed by atoms with Crippen molar-refractivity contribution < 1.29 is 24.4 Å². The van der Waals surface area contributed by atoms with Gasteiger partial charge in [-0.1, -0.05) is 0 Å². The lowest BCUT2D eigenvalue weighted by molar-refractivity contribution is -0.355. The average molecular weight is 204 g/mol. The summed E-state index contributed by atoms with van der Waals surface area (Å²) >= 11 is 0. The summed E-state index contributed by atoms with van der Waals surface area (Å²) in [5, 5.41) is 12.0. The van der Waals surface area contributed by atoms with Gasteiger partial charge in [-0.2, -0.15) is 0 Å². The Morgan fingerprint density at radius 1 is 1.64 bits per heavy atom. The third-order valence-electron chi connectivity index (χ3n) is 2.11. The Morgan fingerprint density at radius 2 is 2.29 bits per heavy atom. The van der Waals surface area contributed by atoms with E-state index < -0.39 is 17.4 Å². The Labute approximate surface area is 80.5 Å². The number of carbonyl (C=O) groups is 2. The summed E-state index contributed by atoms with van der Waals surface area (Å²) in [5.74, 6) is -1.96. The van der Waals surface area contributed by atoms with Gasteiger partial charge in [-0.25, -0.2) is 4.79 Å². The van der Waals surface area contributed by atoms with Crippen LogP contribution in [0.4, 0.5) is 0 Å². The molecule has 2 N–H and O–H groups in total. The largest absolute Gasteiger partial charge is 0.479 e. The molecule has 1 aliphatic heterocycles. The van der Waals surface area contributed by atoms with E-state index in [2.05, 4.69) is 10.2 Å². The van der Waals surface area contributed by atoms with Gasteiger partial charge in [-0.05, 0) is 5.23 Å². The third kappa shape index (κ3) is 1.35. The minimum atomic E-state index is -1.77. The molecule has 0 aromatic carbocycles. The summed E-state index contributed by atoms with van der Waals surface area (Å²) in [4.78, 5) is 32.0. The van der Waals surface area contributed by atoms with Gasteiger partial charge in [-0.15, -0.1) is 0 Å². The molecule has 0 saturated carbocycles. The van der Waals surface area contributed by atoms with E-state index in [1.807, 2.05) is 0 Å². The van der Waals surface area contributed by atoms with Gasteiger partial charge in [0.2, 0.25) is 5.54 Å². The number of likely N-dealkylation sites (N-methyl/N-ethyl adjacent to an activating group) is 1. The molecule has 14 heavy (non-hydrogen) atoms. The lowest BCUT2D eigenvalue weighted by atomic mass is 9.96. The van der Waals surface area contributed by atoms with Crippen molar-refractivity contribution in [2.45, 2.75) is 12.0 Å². The molecular formula is C7H12N2O5. The number of hydrogen-bond donors (Lipinski definition) is 2. The lowest BCUT2D eigenvalue weighted by Gasteiger charge is -2.27. The fourth-order valence-electron chi connectivity index (χ4n) is 1.37. The molecule has 0 aliphatic carbocycles. The number of amides is 1. The fraction of sp³-hybridized carbons (Fsp3) is 0.714. The molecule has 0 unspecified atom stereocenters. The van der Waals surface area contributed by atoms with Crippen LogP contribution in [0, 0.1) is 0 Å². The van der Waals surface area contributed by atoms with Gasteiger partial charge in [0.25, 0.3) is 5.91 Å². The summed E-state index contributed by atoms with van der Waals surface area (Å²) in [5.41, 5.74) is -1.77. The number of hydroxylamine groups is 2. The number of hydrogen-bond acceptors (Lipinski definition) is 5. The third-order valence-corrected chi connectivity index (χ3v) is 2.11. The van der Waals surface area contributed by atoms with Crippen molar-refractivity contribution in [1.82, 2.24) is 10.5 Å². The van der Waals surface area contributed by atoms with E-state index in [4.69, 9.17) is 9.94 Å². The number of nitrogens with one attached hydrogen (secondary N) is 1. The van der Waals surface area contributed by atoms with Crippen LogP contribution in [0.25, 0.3) is 0 Å². The van der Waals surface area contributed by atoms with E-state index in [1.165, 1.54) is 14.2 Å². The highest BCUT2D eigenvalue weighted by molar-refractivity contribution is 6.06. The molecule has 1 rings (SSSR count). The molecule has 0 bridgehead atoms. The molecular weight excluding hydrogens is 192 g/mol. The summed E-state index contributed by atoms with van der Waals surface area (Å²) in [6.07, 6.45) is 0.0514. The maximum Gasteiger partial charge on any atom is 0.339 e. The number of rotatable bonds is 3. The monoisotopic (exact) mass is 204 g/mol. The Bertz CT molecular complexity index is 256. The van der Waals surface area contributed by atoms with Crippen LogP contribution in [0.3, 0.4) is 0 Å². The van der Waals surface area contributed by atoms with Gasteiger partial charge in [-0.3, -0.25) is 14.5 Å². The predicted molar refractivity (Wildman–Crippen MR) is 43.9 cm³/mol. The molecule has 1 aliphatic rings. The zero-order chi connectivity index (χ0) is 10.8. The first-order valence-corrected chi connectivity index (χ1v) is 4.02. The molecule has 1 amide bonds. The lowest BCUT2D eigenvalue weighted by Crippen LogP contribution is -2.59. The number of aliphatic carboxylic acids is 1. The van der Waals surface area contributed by atoms with Crippen LogP contribution in [-0.2, 0) is 19.3 Å². The zero-order valence-electron chi connectivity index (χ0n) is 7.94. The number of carboxylic acid groups (broad SMARTS) is 1. The van der Waals surface area contributed by atoms with E-state index in [9.17, 15) is 9.59 Å². The average Bonchev–Trinajstić information content (AvgIpc) is 2.60. The molecule has 0 aromatic rings. The zero-order valence-corrected chi connectivity index (χ0v) is 7.94. The first-order valence-electron chi connectivity index (χ1n) is 4.02. The van der Waals surface area contributed by atoms with Gasteiger partial charge in [0.1, 0.15) is 0 Å². The van der Waals surface area contributed by atoms with Gasteiger partial charge < -0.3 is 10.4 Å². The molecule has 7 heteroatoms. The topological polar surface area (TPSA) is 88.1 Å². The van der Waals surface area contributed by atoms with Crippen LogP contribution in [0.1, 0.15) is 6.42 Å². The van der Waals surface area contributed by atoms with Crippen LogP contribution in [0.5, 0.6) is 0 Å². The molecule has 0 radical (unpaired) electrons. The molecule has 7 nitrogen and oxygen atoms in total.